The van der Waals surface area contributed by atoms with Crippen LogP contribution in [0, 0.1) is 6.92 Å². The first-order valence-electron chi connectivity index (χ1n) is 6.36. The molecule has 0 aliphatic carbocycles. The van der Waals surface area contributed by atoms with Gasteiger partial charge in [0.25, 0.3) is 0 Å². The molecule has 94 valence electrons. The molecule has 0 atom stereocenters. The SMILES string of the molecule is Cc1nc2ccccc2nc1N1CCC(Br)CC1. The van der Waals surface area contributed by atoms with E-state index < -0.39 is 0 Å². The number of fused-ring (bicyclic) bond motifs is 1. The number of halogens is 1. The first kappa shape index (κ1) is 11.9. The fourth-order valence-electron chi connectivity index (χ4n) is 2.44. The third kappa shape index (κ3) is 2.21. The summed E-state index contributed by atoms with van der Waals surface area (Å²) in [7, 11) is 0. The Hall–Kier alpha value is -1.16. The fourth-order valence-corrected chi connectivity index (χ4v) is 2.85. The number of para-hydroxylation sites is 2. The van der Waals surface area contributed by atoms with Crippen molar-refractivity contribution < 1.29 is 0 Å². The lowest BCUT2D eigenvalue weighted by Crippen LogP contribution is -2.35. The van der Waals surface area contributed by atoms with Crippen LogP contribution >= 0.6 is 15.9 Å². The quantitative estimate of drug-likeness (QED) is 0.757. The van der Waals surface area contributed by atoms with E-state index in [-0.39, 0.29) is 0 Å². The van der Waals surface area contributed by atoms with Gasteiger partial charge in [-0.05, 0) is 31.9 Å². The van der Waals surface area contributed by atoms with Crippen LogP contribution in [-0.4, -0.2) is 27.9 Å². The van der Waals surface area contributed by atoms with Gasteiger partial charge < -0.3 is 4.90 Å². The van der Waals surface area contributed by atoms with Gasteiger partial charge in [0.1, 0.15) is 0 Å². The van der Waals surface area contributed by atoms with Crippen LogP contribution in [0.2, 0.25) is 0 Å². The minimum Gasteiger partial charge on any atom is -0.355 e. The summed E-state index contributed by atoms with van der Waals surface area (Å²) in [6.45, 7) is 4.17. The fraction of sp³-hybridized carbons (Fsp3) is 0.429. The number of rotatable bonds is 1. The standard InChI is InChI=1S/C14H16BrN3/c1-10-14(18-8-6-11(15)7-9-18)17-13-5-3-2-4-12(13)16-10/h2-5,11H,6-9H2,1H3. The van der Waals surface area contributed by atoms with Gasteiger partial charge in [-0.3, -0.25) is 0 Å². The first-order valence-corrected chi connectivity index (χ1v) is 7.28. The number of hydrogen-bond acceptors (Lipinski definition) is 3. The lowest BCUT2D eigenvalue weighted by molar-refractivity contribution is 0.591. The summed E-state index contributed by atoms with van der Waals surface area (Å²) in [5.41, 5.74) is 3.00. The maximum absolute atomic E-state index is 4.77. The zero-order valence-corrected chi connectivity index (χ0v) is 12.0. The molecular formula is C14H16BrN3. The topological polar surface area (TPSA) is 29.0 Å². The predicted octanol–water partition coefficient (Wildman–Crippen LogP) is 3.30. The Balaban J connectivity index is 1.98. The molecule has 3 nitrogen and oxygen atoms in total. The van der Waals surface area contributed by atoms with Crippen molar-refractivity contribution in [1.29, 1.82) is 0 Å². The predicted molar refractivity (Wildman–Crippen MR) is 78.4 cm³/mol. The van der Waals surface area contributed by atoms with E-state index in [0.717, 1.165) is 35.6 Å². The summed E-state index contributed by atoms with van der Waals surface area (Å²) in [5, 5.41) is 0. The molecule has 0 N–H and O–H groups in total. The minimum atomic E-state index is 0.655. The highest BCUT2D eigenvalue weighted by Crippen LogP contribution is 2.25. The van der Waals surface area contributed by atoms with Gasteiger partial charge in [0.05, 0.1) is 16.7 Å². The van der Waals surface area contributed by atoms with Gasteiger partial charge in [-0.25, -0.2) is 9.97 Å². The van der Waals surface area contributed by atoms with Gasteiger partial charge in [-0.1, -0.05) is 28.1 Å². The van der Waals surface area contributed by atoms with Crippen molar-refractivity contribution in [2.45, 2.75) is 24.6 Å². The van der Waals surface area contributed by atoms with Crippen LogP contribution in [0.3, 0.4) is 0 Å². The normalized spacial score (nSPS) is 17.3. The van der Waals surface area contributed by atoms with Crippen LogP contribution in [0.4, 0.5) is 5.82 Å². The van der Waals surface area contributed by atoms with E-state index in [1.807, 2.05) is 24.3 Å². The Bertz CT molecular complexity index is 562. The van der Waals surface area contributed by atoms with E-state index in [2.05, 4.69) is 32.7 Å². The summed E-state index contributed by atoms with van der Waals surface area (Å²) < 4.78 is 0. The minimum absolute atomic E-state index is 0.655. The molecule has 1 saturated heterocycles. The first-order chi connectivity index (χ1) is 8.74. The number of benzene rings is 1. The number of anilines is 1. The summed E-state index contributed by atoms with van der Waals surface area (Å²) >= 11 is 3.68. The van der Waals surface area contributed by atoms with E-state index in [1.54, 1.807) is 0 Å². The molecule has 0 amide bonds. The molecule has 3 rings (SSSR count). The molecule has 2 aromatic rings. The third-order valence-electron chi connectivity index (χ3n) is 3.44. The summed E-state index contributed by atoms with van der Waals surface area (Å²) in [6, 6.07) is 8.07. The maximum atomic E-state index is 4.77. The average molecular weight is 306 g/mol. The largest absolute Gasteiger partial charge is 0.355 e. The molecule has 18 heavy (non-hydrogen) atoms. The number of aryl methyl sites for hydroxylation is 1. The van der Waals surface area contributed by atoms with Gasteiger partial charge in [-0.2, -0.15) is 0 Å². The summed E-state index contributed by atoms with van der Waals surface area (Å²) in [4.78, 5) is 12.4. The Morgan fingerprint density at radius 2 is 1.72 bits per heavy atom. The lowest BCUT2D eigenvalue weighted by Gasteiger charge is -2.31. The van der Waals surface area contributed by atoms with Crippen LogP contribution < -0.4 is 4.90 Å². The molecule has 0 saturated carbocycles. The Kier molecular flexibility index (Phi) is 3.20. The van der Waals surface area contributed by atoms with Crippen molar-refractivity contribution in [3.8, 4) is 0 Å². The second-order valence-electron chi connectivity index (χ2n) is 4.78. The molecule has 0 bridgehead atoms. The number of alkyl halides is 1. The molecule has 1 aromatic heterocycles. The van der Waals surface area contributed by atoms with Crippen LogP contribution in [0.5, 0.6) is 0 Å². The molecule has 1 fully saturated rings. The van der Waals surface area contributed by atoms with E-state index >= 15 is 0 Å². The van der Waals surface area contributed by atoms with E-state index in [1.165, 1.54) is 12.8 Å². The second-order valence-corrected chi connectivity index (χ2v) is 6.08. The zero-order valence-electron chi connectivity index (χ0n) is 10.4. The summed E-state index contributed by atoms with van der Waals surface area (Å²) in [6.07, 6.45) is 2.35. The van der Waals surface area contributed by atoms with Crippen LogP contribution in [0.25, 0.3) is 11.0 Å². The van der Waals surface area contributed by atoms with Gasteiger partial charge >= 0.3 is 0 Å². The number of nitrogens with zero attached hydrogens (tertiary/aromatic N) is 3. The van der Waals surface area contributed by atoms with E-state index in [0.29, 0.717) is 4.83 Å². The van der Waals surface area contributed by atoms with Crippen molar-refractivity contribution in [3.05, 3.63) is 30.0 Å². The van der Waals surface area contributed by atoms with Crippen LogP contribution in [0.1, 0.15) is 18.5 Å². The smallest absolute Gasteiger partial charge is 0.150 e. The highest BCUT2D eigenvalue weighted by molar-refractivity contribution is 9.09. The average Bonchev–Trinajstić information content (AvgIpc) is 2.39. The third-order valence-corrected chi connectivity index (χ3v) is 4.36. The highest BCUT2D eigenvalue weighted by atomic mass is 79.9. The van der Waals surface area contributed by atoms with Crippen molar-refractivity contribution in [2.24, 2.45) is 0 Å². The second kappa shape index (κ2) is 4.84. The maximum Gasteiger partial charge on any atom is 0.150 e. The van der Waals surface area contributed by atoms with E-state index in [9.17, 15) is 0 Å². The van der Waals surface area contributed by atoms with Gasteiger partial charge in [0.15, 0.2) is 5.82 Å². The Morgan fingerprint density at radius 3 is 2.39 bits per heavy atom. The van der Waals surface area contributed by atoms with Crippen LogP contribution in [0.15, 0.2) is 24.3 Å². The Labute approximate surface area is 115 Å². The summed E-state index contributed by atoms with van der Waals surface area (Å²) in [5.74, 6) is 1.05. The van der Waals surface area contributed by atoms with Crippen molar-refractivity contribution in [2.75, 3.05) is 18.0 Å². The van der Waals surface area contributed by atoms with E-state index in [4.69, 9.17) is 4.98 Å². The van der Waals surface area contributed by atoms with Gasteiger partial charge in [0, 0.05) is 17.9 Å². The molecular weight excluding hydrogens is 290 g/mol. The van der Waals surface area contributed by atoms with Crippen molar-refractivity contribution in [1.82, 2.24) is 9.97 Å². The number of hydrogen-bond donors (Lipinski definition) is 0. The van der Waals surface area contributed by atoms with Crippen molar-refractivity contribution >= 4 is 32.8 Å². The molecule has 1 aromatic carbocycles. The van der Waals surface area contributed by atoms with Gasteiger partial charge in [0.2, 0.25) is 0 Å². The van der Waals surface area contributed by atoms with Crippen molar-refractivity contribution in [3.63, 3.8) is 0 Å². The Morgan fingerprint density at radius 1 is 1.11 bits per heavy atom. The number of piperidine rings is 1. The molecule has 1 aliphatic rings. The molecule has 4 heteroatoms. The van der Waals surface area contributed by atoms with Crippen LogP contribution in [-0.2, 0) is 0 Å². The molecule has 0 unspecified atom stereocenters. The lowest BCUT2D eigenvalue weighted by atomic mass is 10.1. The molecule has 0 spiro atoms. The monoisotopic (exact) mass is 305 g/mol. The number of aromatic nitrogens is 2. The molecule has 1 aliphatic heterocycles. The van der Waals surface area contributed by atoms with Gasteiger partial charge in [-0.15, -0.1) is 0 Å². The molecule has 2 heterocycles. The zero-order chi connectivity index (χ0) is 12.5. The highest BCUT2D eigenvalue weighted by Gasteiger charge is 2.20. The molecule has 0 radical (unpaired) electrons.